The first-order valence-electron chi connectivity index (χ1n) is 6.10. The van der Waals surface area contributed by atoms with Gasteiger partial charge in [0, 0.05) is 17.8 Å². The Morgan fingerprint density at radius 2 is 1.95 bits per heavy atom. The molecule has 0 saturated heterocycles. The van der Waals surface area contributed by atoms with Crippen LogP contribution in [0.15, 0.2) is 42.6 Å². The number of thiocarbonyl (C=S) groups is 1. The summed E-state index contributed by atoms with van der Waals surface area (Å²) in [6, 6.07) is 11.5. The summed E-state index contributed by atoms with van der Waals surface area (Å²) in [4.78, 5) is 4.54. The third-order valence-electron chi connectivity index (χ3n) is 2.78. The largest absolute Gasteiger partial charge is 0.439 e. The molecular formula is C15H16N2OS. The first-order chi connectivity index (χ1) is 9.08. The lowest BCUT2D eigenvalue weighted by molar-refractivity contribution is 0.454. The average Bonchev–Trinajstić information content (AvgIpc) is 2.39. The maximum atomic E-state index is 5.81. The van der Waals surface area contributed by atoms with Gasteiger partial charge in [0.2, 0.25) is 5.88 Å². The number of hydrogen-bond donors (Lipinski definition) is 1. The maximum Gasteiger partial charge on any atom is 0.219 e. The highest BCUT2D eigenvalue weighted by Crippen LogP contribution is 2.29. The van der Waals surface area contributed by atoms with Crippen LogP contribution in [0.2, 0.25) is 0 Å². The van der Waals surface area contributed by atoms with Gasteiger partial charge in [-0.15, -0.1) is 0 Å². The highest BCUT2D eigenvalue weighted by atomic mass is 32.1. The van der Waals surface area contributed by atoms with Crippen LogP contribution in [0.5, 0.6) is 11.6 Å². The number of pyridine rings is 1. The lowest BCUT2D eigenvalue weighted by Crippen LogP contribution is -2.09. The maximum absolute atomic E-state index is 5.81. The van der Waals surface area contributed by atoms with E-state index in [0.717, 1.165) is 16.9 Å². The Kier molecular flexibility index (Phi) is 4.12. The van der Waals surface area contributed by atoms with Crippen LogP contribution in [0.1, 0.15) is 30.9 Å². The third-order valence-corrected chi connectivity index (χ3v) is 3.01. The Hall–Kier alpha value is -1.94. The van der Waals surface area contributed by atoms with E-state index < -0.39 is 0 Å². The summed E-state index contributed by atoms with van der Waals surface area (Å²) in [7, 11) is 0. The first-order valence-corrected chi connectivity index (χ1v) is 6.51. The van der Waals surface area contributed by atoms with Crippen LogP contribution in [0.25, 0.3) is 0 Å². The monoisotopic (exact) mass is 272 g/mol. The van der Waals surface area contributed by atoms with Crippen LogP contribution in [0.4, 0.5) is 0 Å². The molecule has 0 aliphatic carbocycles. The molecular weight excluding hydrogens is 256 g/mol. The Morgan fingerprint density at radius 1 is 1.21 bits per heavy atom. The van der Waals surface area contributed by atoms with Crippen molar-refractivity contribution in [3.05, 3.63) is 53.7 Å². The molecule has 1 aromatic carbocycles. The van der Waals surface area contributed by atoms with E-state index in [1.165, 1.54) is 0 Å². The van der Waals surface area contributed by atoms with Gasteiger partial charge in [-0.25, -0.2) is 4.98 Å². The van der Waals surface area contributed by atoms with Gasteiger partial charge < -0.3 is 10.5 Å². The van der Waals surface area contributed by atoms with Crippen molar-refractivity contribution in [2.24, 2.45) is 5.73 Å². The van der Waals surface area contributed by atoms with Crippen molar-refractivity contribution in [3.63, 3.8) is 0 Å². The van der Waals surface area contributed by atoms with Crippen molar-refractivity contribution in [2.45, 2.75) is 19.8 Å². The van der Waals surface area contributed by atoms with Crippen molar-refractivity contribution in [2.75, 3.05) is 0 Å². The molecule has 0 atom stereocenters. The van der Waals surface area contributed by atoms with Gasteiger partial charge in [-0.3, -0.25) is 0 Å². The second-order valence-electron chi connectivity index (χ2n) is 4.54. The van der Waals surface area contributed by atoms with Crippen molar-refractivity contribution < 1.29 is 4.74 Å². The zero-order valence-electron chi connectivity index (χ0n) is 11.0. The summed E-state index contributed by atoms with van der Waals surface area (Å²) in [6.45, 7) is 4.26. The zero-order chi connectivity index (χ0) is 13.8. The Morgan fingerprint density at radius 3 is 2.53 bits per heavy atom. The van der Waals surface area contributed by atoms with Gasteiger partial charge >= 0.3 is 0 Å². The molecule has 0 aliphatic rings. The van der Waals surface area contributed by atoms with E-state index in [4.69, 9.17) is 22.7 Å². The molecule has 1 heterocycles. The van der Waals surface area contributed by atoms with Gasteiger partial charge in [0.15, 0.2) is 0 Å². The summed E-state index contributed by atoms with van der Waals surface area (Å²) in [6.07, 6.45) is 1.62. The molecule has 1 aromatic heterocycles. The number of para-hydroxylation sites is 1. The molecule has 4 heteroatoms. The number of hydrogen-bond acceptors (Lipinski definition) is 3. The predicted octanol–water partition coefficient (Wildman–Crippen LogP) is 3.63. The van der Waals surface area contributed by atoms with Crippen molar-refractivity contribution in [1.29, 1.82) is 0 Å². The lowest BCUT2D eigenvalue weighted by Gasteiger charge is -2.12. The fourth-order valence-electron chi connectivity index (χ4n) is 1.75. The highest BCUT2D eigenvalue weighted by Gasteiger charge is 2.08. The van der Waals surface area contributed by atoms with E-state index in [1.807, 2.05) is 24.3 Å². The second kappa shape index (κ2) is 5.80. The van der Waals surface area contributed by atoms with Crippen LogP contribution in [-0.4, -0.2) is 9.97 Å². The minimum Gasteiger partial charge on any atom is -0.439 e. The number of nitrogens with zero attached hydrogens (tertiary/aromatic N) is 1. The topological polar surface area (TPSA) is 48.1 Å². The molecule has 2 rings (SSSR count). The van der Waals surface area contributed by atoms with E-state index in [2.05, 4.69) is 24.9 Å². The summed E-state index contributed by atoms with van der Waals surface area (Å²) < 4.78 is 5.81. The van der Waals surface area contributed by atoms with Crippen molar-refractivity contribution in [1.82, 2.24) is 4.98 Å². The molecule has 0 spiro atoms. The fourth-order valence-corrected chi connectivity index (χ4v) is 1.87. The molecule has 0 unspecified atom stereocenters. The molecule has 2 N–H and O–H groups in total. The molecule has 3 nitrogen and oxygen atoms in total. The van der Waals surface area contributed by atoms with E-state index in [1.54, 1.807) is 12.3 Å². The molecule has 0 radical (unpaired) electrons. The summed E-state index contributed by atoms with van der Waals surface area (Å²) in [5, 5.41) is 0. The first kappa shape index (κ1) is 13.5. The Balaban J connectivity index is 2.24. The van der Waals surface area contributed by atoms with Gasteiger partial charge in [-0.1, -0.05) is 44.3 Å². The normalized spacial score (nSPS) is 10.5. The third kappa shape index (κ3) is 3.29. The smallest absolute Gasteiger partial charge is 0.219 e. The van der Waals surface area contributed by atoms with E-state index >= 15 is 0 Å². The summed E-state index contributed by atoms with van der Waals surface area (Å²) in [5.41, 5.74) is 7.42. The number of nitrogens with two attached hydrogens (primary N) is 1. The van der Waals surface area contributed by atoms with Gasteiger partial charge in [0.25, 0.3) is 0 Å². The Bertz CT molecular complexity index is 579. The quantitative estimate of drug-likeness (QED) is 0.863. The van der Waals surface area contributed by atoms with Crippen LogP contribution in [-0.2, 0) is 0 Å². The average molecular weight is 272 g/mol. The number of aromatic nitrogens is 1. The van der Waals surface area contributed by atoms with Crippen LogP contribution >= 0.6 is 12.2 Å². The van der Waals surface area contributed by atoms with Gasteiger partial charge in [-0.05, 0) is 23.6 Å². The molecule has 0 fully saturated rings. The van der Waals surface area contributed by atoms with Gasteiger partial charge in [0.1, 0.15) is 10.7 Å². The van der Waals surface area contributed by atoms with Gasteiger partial charge in [-0.2, -0.15) is 0 Å². The van der Waals surface area contributed by atoms with Crippen LogP contribution < -0.4 is 10.5 Å². The molecule has 0 bridgehead atoms. The Labute approximate surface area is 118 Å². The van der Waals surface area contributed by atoms with Crippen molar-refractivity contribution in [3.8, 4) is 11.6 Å². The SMILES string of the molecule is CC(C)c1ccccc1Oc1ccc(C(N)=S)cn1. The number of rotatable bonds is 4. The number of benzene rings is 1. The molecule has 2 aromatic rings. The molecule has 0 saturated carbocycles. The molecule has 0 aliphatic heterocycles. The van der Waals surface area contributed by atoms with Crippen LogP contribution in [0, 0.1) is 0 Å². The lowest BCUT2D eigenvalue weighted by atomic mass is 10.0. The fraction of sp³-hybridized carbons (Fsp3) is 0.200. The minimum absolute atomic E-state index is 0.335. The number of ether oxygens (including phenoxy) is 1. The second-order valence-corrected chi connectivity index (χ2v) is 4.98. The van der Waals surface area contributed by atoms with E-state index in [9.17, 15) is 0 Å². The van der Waals surface area contributed by atoms with Crippen molar-refractivity contribution >= 4 is 17.2 Å². The van der Waals surface area contributed by atoms with Crippen LogP contribution in [0.3, 0.4) is 0 Å². The predicted molar refractivity (Wildman–Crippen MR) is 80.7 cm³/mol. The molecule has 19 heavy (non-hydrogen) atoms. The highest BCUT2D eigenvalue weighted by molar-refractivity contribution is 7.80. The minimum atomic E-state index is 0.335. The summed E-state index contributed by atoms with van der Waals surface area (Å²) in [5.74, 6) is 1.76. The standard InChI is InChI=1S/C15H16N2OS/c1-10(2)12-5-3-4-6-13(12)18-14-8-7-11(9-17-14)15(16)19/h3-10H,1-2H3,(H2,16,19). The van der Waals surface area contributed by atoms with E-state index in [0.29, 0.717) is 16.8 Å². The van der Waals surface area contributed by atoms with Gasteiger partial charge in [0.05, 0.1) is 0 Å². The summed E-state index contributed by atoms with van der Waals surface area (Å²) >= 11 is 4.89. The van der Waals surface area contributed by atoms with E-state index in [-0.39, 0.29) is 0 Å². The molecule has 0 amide bonds. The zero-order valence-corrected chi connectivity index (χ0v) is 11.8. The molecule has 98 valence electrons.